The van der Waals surface area contributed by atoms with E-state index < -0.39 is 0 Å². The number of hydrogen-bond acceptors (Lipinski definition) is 4. The summed E-state index contributed by atoms with van der Waals surface area (Å²) in [6, 6.07) is 3.44. The van der Waals surface area contributed by atoms with Crippen LogP contribution < -0.4 is 9.64 Å². The molecule has 22 heavy (non-hydrogen) atoms. The summed E-state index contributed by atoms with van der Waals surface area (Å²) in [5, 5.41) is 0. The molecule has 6 heteroatoms. The molecular weight excluding hydrogens is 282 g/mol. The molecule has 0 unspecified atom stereocenters. The van der Waals surface area contributed by atoms with Crippen LogP contribution in [0.25, 0.3) is 0 Å². The predicted octanol–water partition coefficient (Wildman–Crippen LogP) is 1.84. The van der Waals surface area contributed by atoms with E-state index in [1.165, 1.54) is 0 Å². The fraction of sp³-hybridized carbons (Fsp3) is 0.562. The third kappa shape index (κ3) is 3.75. The minimum absolute atomic E-state index is 0.0298. The molecule has 1 aromatic rings. The first kappa shape index (κ1) is 16.3. The molecule has 2 heterocycles. The van der Waals surface area contributed by atoms with Crippen molar-refractivity contribution < 1.29 is 14.3 Å². The Morgan fingerprint density at radius 1 is 1.45 bits per heavy atom. The first-order valence-corrected chi connectivity index (χ1v) is 7.59. The van der Waals surface area contributed by atoms with Crippen LogP contribution in [0.2, 0.25) is 0 Å². The topological polar surface area (TPSA) is 62.7 Å². The smallest absolute Gasteiger partial charge is 0.228 e. The lowest BCUT2D eigenvalue weighted by atomic mass is 10.1. The van der Waals surface area contributed by atoms with Gasteiger partial charge in [-0.15, -0.1) is 0 Å². The minimum Gasteiger partial charge on any atom is -0.481 e. The normalized spacial score (nSPS) is 16.3. The second-order valence-electron chi connectivity index (χ2n) is 5.61. The lowest BCUT2D eigenvalue weighted by molar-refractivity contribution is -0.136. The molecule has 1 aromatic heterocycles. The van der Waals surface area contributed by atoms with Crippen LogP contribution in [0.3, 0.4) is 0 Å². The molecule has 6 nitrogen and oxygen atoms in total. The average molecular weight is 305 g/mol. The number of anilines is 1. The van der Waals surface area contributed by atoms with Gasteiger partial charge < -0.3 is 14.5 Å². The molecule has 0 N–H and O–H groups in total. The van der Waals surface area contributed by atoms with Crippen molar-refractivity contribution in [3.63, 3.8) is 0 Å². The monoisotopic (exact) mass is 305 g/mol. The third-order valence-electron chi connectivity index (χ3n) is 4.05. The molecule has 0 aromatic carbocycles. The average Bonchev–Trinajstić information content (AvgIpc) is 2.54. The van der Waals surface area contributed by atoms with Gasteiger partial charge in [0.15, 0.2) is 0 Å². The van der Waals surface area contributed by atoms with Gasteiger partial charge in [-0.3, -0.25) is 9.59 Å². The Balaban J connectivity index is 1.96. The number of nitrogens with zero attached hydrogens (tertiary/aromatic N) is 3. The fourth-order valence-corrected chi connectivity index (χ4v) is 2.63. The second kappa shape index (κ2) is 7.24. The number of methoxy groups -OCH3 is 1. The van der Waals surface area contributed by atoms with E-state index in [0.717, 1.165) is 19.4 Å². The summed E-state index contributed by atoms with van der Waals surface area (Å²) in [5.41, 5.74) is 0.711. The summed E-state index contributed by atoms with van der Waals surface area (Å²) >= 11 is 0. The summed E-state index contributed by atoms with van der Waals surface area (Å²) in [5.74, 6) is 0.634. The predicted molar refractivity (Wildman–Crippen MR) is 83.8 cm³/mol. The lowest BCUT2D eigenvalue weighted by Gasteiger charge is -2.33. The molecule has 0 aliphatic carbocycles. The fourth-order valence-electron chi connectivity index (χ4n) is 2.63. The van der Waals surface area contributed by atoms with Crippen molar-refractivity contribution in [2.75, 3.05) is 25.6 Å². The highest BCUT2D eigenvalue weighted by atomic mass is 16.5. The molecule has 1 atom stereocenters. The van der Waals surface area contributed by atoms with Gasteiger partial charge in [-0.05, 0) is 25.8 Å². The third-order valence-corrected chi connectivity index (χ3v) is 4.05. The van der Waals surface area contributed by atoms with Crippen LogP contribution in [0.4, 0.5) is 5.69 Å². The Morgan fingerprint density at radius 3 is 2.82 bits per heavy atom. The lowest BCUT2D eigenvalue weighted by Crippen LogP contribution is -2.44. The van der Waals surface area contributed by atoms with Gasteiger partial charge in [0.25, 0.3) is 0 Å². The maximum atomic E-state index is 12.4. The SMILES string of the molecule is COc1ccc(N(C)C(=O)C[C@H](C)N2CCCCC2=O)cn1. The van der Waals surface area contributed by atoms with Gasteiger partial charge in [0, 0.05) is 38.5 Å². The molecule has 1 fully saturated rings. The number of pyridine rings is 1. The molecule has 2 rings (SSSR count). The summed E-state index contributed by atoms with van der Waals surface area (Å²) in [7, 11) is 3.27. The zero-order chi connectivity index (χ0) is 16.1. The van der Waals surface area contributed by atoms with Crippen molar-refractivity contribution in [2.45, 2.75) is 38.6 Å². The summed E-state index contributed by atoms with van der Waals surface area (Å²) in [4.78, 5) is 31.8. The van der Waals surface area contributed by atoms with Crippen LogP contribution >= 0.6 is 0 Å². The molecule has 0 saturated carbocycles. The highest BCUT2D eigenvalue weighted by Crippen LogP contribution is 2.19. The maximum absolute atomic E-state index is 12.4. The number of hydrogen-bond donors (Lipinski definition) is 0. The highest BCUT2D eigenvalue weighted by molar-refractivity contribution is 5.93. The van der Waals surface area contributed by atoms with Crippen LogP contribution in [0.15, 0.2) is 18.3 Å². The van der Waals surface area contributed by atoms with Crippen LogP contribution in [-0.2, 0) is 9.59 Å². The van der Waals surface area contributed by atoms with E-state index in [1.54, 1.807) is 37.4 Å². The molecule has 120 valence electrons. The van der Waals surface area contributed by atoms with Crippen molar-refractivity contribution in [3.8, 4) is 5.88 Å². The van der Waals surface area contributed by atoms with Gasteiger partial charge in [-0.25, -0.2) is 4.98 Å². The Hall–Kier alpha value is -2.11. The van der Waals surface area contributed by atoms with Crippen molar-refractivity contribution in [3.05, 3.63) is 18.3 Å². The van der Waals surface area contributed by atoms with E-state index in [1.807, 2.05) is 11.8 Å². The van der Waals surface area contributed by atoms with E-state index in [2.05, 4.69) is 4.98 Å². The molecule has 2 amide bonds. The number of rotatable bonds is 5. The largest absolute Gasteiger partial charge is 0.481 e. The molecule has 0 bridgehead atoms. The van der Waals surface area contributed by atoms with E-state index >= 15 is 0 Å². The second-order valence-corrected chi connectivity index (χ2v) is 5.61. The van der Waals surface area contributed by atoms with Crippen LogP contribution in [0.1, 0.15) is 32.6 Å². The van der Waals surface area contributed by atoms with Crippen molar-refractivity contribution in [1.82, 2.24) is 9.88 Å². The van der Waals surface area contributed by atoms with Gasteiger partial charge in [0.1, 0.15) is 0 Å². The Bertz CT molecular complexity index is 530. The number of carbonyl (C=O) groups excluding carboxylic acids is 2. The van der Waals surface area contributed by atoms with E-state index in [-0.39, 0.29) is 17.9 Å². The minimum atomic E-state index is -0.0750. The van der Waals surface area contributed by atoms with Crippen molar-refractivity contribution >= 4 is 17.5 Å². The first-order chi connectivity index (χ1) is 10.5. The zero-order valence-corrected chi connectivity index (χ0v) is 13.4. The van der Waals surface area contributed by atoms with Gasteiger partial charge in [-0.1, -0.05) is 0 Å². The van der Waals surface area contributed by atoms with E-state index in [9.17, 15) is 9.59 Å². The number of carbonyl (C=O) groups is 2. The van der Waals surface area contributed by atoms with Gasteiger partial charge in [-0.2, -0.15) is 0 Å². The van der Waals surface area contributed by atoms with Crippen molar-refractivity contribution in [1.29, 1.82) is 0 Å². The summed E-state index contributed by atoms with van der Waals surface area (Å²) in [6.45, 7) is 2.68. The standard InChI is InChI=1S/C16H23N3O3/c1-12(19-9-5-4-6-15(19)20)10-16(21)18(2)13-7-8-14(22-3)17-11-13/h7-8,11-12H,4-6,9-10H2,1-3H3/t12-/m0/s1. The number of likely N-dealkylation sites (tertiary alicyclic amines) is 1. The number of aromatic nitrogens is 1. The summed E-state index contributed by atoms with van der Waals surface area (Å²) in [6.07, 6.45) is 4.48. The van der Waals surface area contributed by atoms with E-state index in [0.29, 0.717) is 24.4 Å². The number of ether oxygens (including phenoxy) is 1. The maximum Gasteiger partial charge on any atom is 0.228 e. The molecule has 0 spiro atoms. The van der Waals surface area contributed by atoms with Gasteiger partial charge >= 0.3 is 0 Å². The zero-order valence-electron chi connectivity index (χ0n) is 13.4. The first-order valence-electron chi connectivity index (χ1n) is 7.59. The number of piperidine rings is 1. The Kier molecular flexibility index (Phi) is 5.35. The number of amides is 2. The quantitative estimate of drug-likeness (QED) is 0.833. The Labute approximate surface area is 131 Å². The molecule has 1 aliphatic heterocycles. The summed E-state index contributed by atoms with van der Waals surface area (Å²) < 4.78 is 5.01. The van der Waals surface area contributed by atoms with Gasteiger partial charge in [0.2, 0.25) is 17.7 Å². The van der Waals surface area contributed by atoms with Crippen molar-refractivity contribution in [2.24, 2.45) is 0 Å². The molecule has 1 saturated heterocycles. The van der Waals surface area contributed by atoms with Crippen LogP contribution in [0, 0.1) is 0 Å². The van der Waals surface area contributed by atoms with E-state index in [4.69, 9.17) is 4.74 Å². The molecular formula is C16H23N3O3. The highest BCUT2D eigenvalue weighted by Gasteiger charge is 2.25. The van der Waals surface area contributed by atoms with Crippen LogP contribution in [0.5, 0.6) is 5.88 Å². The molecule has 0 radical (unpaired) electrons. The van der Waals surface area contributed by atoms with Gasteiger partial charge in [0.05, 0.1) is 19.0 Å². The molecule has 1 aliphatic rings. The van der Waals surface area contributed by atoms with Crippen LogP contribution in [-0.4, -0.2) is 48.4 Å². The Morgan fingerprint density at radius 2 is 2.23 bits per heavy atom.